The highest BCUT2D eigenvalue weighted by atomic mass is 15.2. The van der Waals surface area contributed by atoms with E-state index in [1.807, 2.05) is 0 Å². The van der Waals surface area contributed by atoms with Crippen molar-refractivity contribution in [2.24, 2.45) is 17.6 Å². The minimum atomic E-state index is 0.800. The summed E-state index contributed by atoms with van der Waals surface area (Å²) in [5.41, 5.74) is 5.79. The summed E-state index contributed by atoms with van der Waals surface area (Å²) in [5.74, 6) is 1.62. The van der Waals surface area contributed by atoms with Crippen molar-refractivity contribution in [2.75, 3.05) is 13.1 Å². The Morgan fingerprint density at radius 1 is 1.29 bits per heavy atom. The van der Waals surface area contributed by atoms with Gasteiger partial charge in [-0.15, -0.1) is 0 Å². The summed E-state index contributed by atoms with van der Waals surface area (Å²) < 4.78 is 0. The minimum absolute atomic E-state index is 0.800. The summed E-state index contributed by atoms with van der Waals surface area (Å²) in [5, 5.41) is 0. The maximum absolute atomic E-state index is 5.79. The van der Waals surface area contributed by atoms with Crippen LogP contribution in [0.4, 0.5) is 0 Å². The molecule has 0 aromatic rings. The van der Waals surface area contributed by atoms with Crippen LogP contribution in [-0.4, -0.2) is 30.1 Å². The van der Waals surface area contributed by atoms with Gasteiger partial charge in [-0.1, -0.05) is 13.8 Å². The monoisotopic (exact) mass is 196 g/mol. The van der Waals surface area contributed by atoms with E-state index in [2.05, 4.69) is 18.7 Å². The second-order valence-corrected chi connectivity index (χ2v) is 5.33. The van der Waals surface area contributed by atoms with Gasteiger partial charge in [-0.25, -0.2) is 0 Å². The zero-order valence-corrected chi connectivity index (χ0v) is 9.58. The Morgan fingerprint density at radius 3 is 2.57 bits per heavy atom. The lowest BCUT2D eigenvalue weighted by atomic mass is 9.78. The molecule has 1 aliphatic heterocycles. The molecular formula is C12H24N2. The molecule has 0 amide bonds. The summed E-state index contributed by atoms with van der Waals surface area (Å²) in [6.45, 7) is 6.94. The topological polar surface area (TPSA) is 29.3 Å². The smallest absolute Gasteiger partial charge is 0.0139 e. The van der Waals surface area contributed by atoms with Crippen molar-refractivity contribution in [3.63, 3.8) is 0 Å². The number of nitrogens with two attached hydrogens (primary N) is 1. The van der Waals surface area contributed by atoms with Gasteiger partial charge in [-0.05, 0) is 50.6 Å². The summed E-state index contributed by atoms with van der Waals surface area (Å²) in [6, 6.07) is 1.67. The first-order valence-electron chi connectivity index (χ1n) is 6.20. The average Bonchev–Trinajstić information content (AvgIpc) is 2.51. The first kappa shape index (κ1) is 10.4. The molecular weight excluding hydrogens is 172 g/mol. The summed E-state index contributed by atoms with van der Waals surface area (Å²) >= 11 is 0. The maximum atomic E-state index is 5.79. The van der Waals surface area contributed by atoms with E-state index in [1.54, 1.807) is 0 Å². The lowest BCUT2D eigenvalue weighted by molar-refractivity contribution is 0.0414. The first-order chi connectivity index (χ1) is 6.74. The molecule has 3 atom stereocenters. The van der Waals surface area contributed by atoms with Crippen LogP contribution in [0, 0.1) is 11.8 Å². The molecule has 1 heterocycles. The van der Waals surface area contributed by atoms with Crippen molar-refractivity contribution < 1.29 is 0 Å². The molecule has 2 N–H and O–H groups in total. The van der Waals surface area contributed by atoms with E-state index < -0.39 is 0 Å². The Kier molecular flexibility index (Phi) is 3.13. The predicted molar refractivity (Wildman–Crippen MR) is 60.1 cm³/mol. The molecule has 0 aromatic heterocycles. The highest BCUT2D eigenvalue weighted by molar-refractivity contribution is 4.95. The van der Waals surface area contributed by atoms with E-state index in [0.29, 0.717) is 0 Å². The third-order valence-corrected chi connectivity index (χ3v) is 4.22. The Balaban J connectivity index is 1.96. The van der Waals surface area contributed by atoms with Gasteiger partial charge >= 0.3 is 0 Å². The molecule has 2 heteroatoms. The van der Waals surface area contributed by atoms with Crippen molar-refractivity contribution >= 4 is 0 Å². The van der Waals surface area contributed by atoms with Gasteiger partial charge in [0.15, 0.2) is 0 Å². The highest BCUT2D eigenvalue weighted by Gasteiger charge is 2.40. The molecule has 0 spiro atoms. The normalized spacial score (nSPS) is 39.0. The number of hydrogen-bond acceptors (Lipinski definition) is 2. The Labute approximate surface area is 87.8 Å². The van der Waals surface area contributed by atoms with Crippen LogP contribution in [0.3, 0.4) is 0 Å². The summed E-state index contributed by atoms with van der Waals surface area (Å²) in [6.07, 6.45) is 5.57. The van der Waals surface area contributed by atoms with Gasteiger partial charge in [-0.2, -0.15) is 0 Å². The minimum Gasteiger partial charge on any atom is -0.330 e. The number of hydrogen-bond donors (Lipinski definition) is 1. The molecule has 0 bridgehead atoms. The quantitative estimate of drug-likeness (QED) is 0.746. The number of nitrogens with zero attached hydrogens (tertiary/aromatic N) is 1. The van der Waals surface area contributed by atoms with Crippen LogP contribution in [0.2, 0.25) is 0 Å². The van der Waals surface area contributed by atoms with Gasteiger partial charge in [0.25, 0.3) is 0 Å². The Hall–Kier alpha value is -0.0800. The molecule has 2 aliphatic rings. The van der Waals surface area contributed by atoms with E-state index in [1.165, 1.54) is 32.2 Å². The lowest BCUT2D eigenvalue weighted by Gasteiger charge is -2.46. The fourth-order valence-electron chi connectivity index (χ4n) is 3.21. The van der Waals surface area contributed by atoms with E-state index in [0.717, 1.165) is 30.5 Å². The summed E-state index contributed by atoms with van der Waals surface area (Å²) in [4.78, 5) is 2.76. The average molecular weight is 196 g/mol. The zero-order chi connectivity index (χ0) is 10.1. The third-order valence-electron chi connectivity index (χ3n) is 4.22. The van der Waals surface area contributed by atoms with Gasteiger partial charge in [-0.3, -0.25) is 4.90 Å². The molecule has 1 aliphatic carbocycles. The van der Waals surface area contributed by atoms with Crippen LogP contribution in [0.15, 0.2) is 0 Å². The fraction of sp³-hybridized carbons (Fsp3) is 1.00. The molecule has 2 rings (SSSR count). The van der Waals surface area contributed by atoms with E-state index in [4.69, 9.17) is 5.73 Å². The summed E-state index contributed by atoms with van der Waals surface area (Å²) in [7, 11) is 0. The zero-order valence-electron chi connectivity index (χ0n) is 9.58. The maximum Gasteiger partial charge on any atom is 0.0139 e. The molecule has 0 radical (unpaired) electrons. The lowest BCUT2D eigenvalue weighted by Crippen LogP contribution is -2.52. The van der Waals surface area contributed by atoms with Gasteiger partial charge in [0.1, 0.15) is 0 Å². The van der Waals surface area contributed by atoms with Crippen LogP contribution < -0.4 is 5.73 Å². The Bertz CT molecular complexity index is 189. The highest BCUT2D eigenvalue weighted by Crippen LogP contribution is 2.37. The van der Waals surface area contributed by atoms with Crippen molar-refractivity contribution in [3.8, 4) is 0 Å². The van der Waals surface area contributed by atoms with Crippen molar-refractivity contribution in [1.29, 1.82) is 0 Å². The van der Waals surface area contributed by atoms with Crippen molar-refractivity contribution in [2.45, 2.75) is 51.6 Å². The van der Waals surface area contributed by atoms with Crippen LogP contribution in [0.1, 0.15) is 39.5 Å². The van der Waals surface area contributed by atoms with Crippen LogP contribution in [0.25, 0.3) is 0 Å². The molecule has 3 unspecified atom stereocenters. The van der Waals surface area contributed by atoms with Crippen LogP contribution >= 0.6 is 0 Å². The molecule has 0 aromatic carbocycles. The first-order valence-corrected chi connectivity index (χ1v) is 6.20. The fourth-order valence-corrected chi connectivity index (χ4v) is 3.21. The largest absolute Gasteiger partial charge is 0.330 e. The van der Waals surface area contributed by atoms with E-state index in [-0.39, 0.29) is 0 Å². The van der Waals surface area contributed by atoms with Crippen LogP contribution in [-0.2, 0) is 0 Å². The Morgan fingerprint density at radius 2 is 2.07 bits per heavy atom. The molecule has 14 heavy (non-hydrogen) atoms. The second-order valence-electron chi connectivity index (χ2n) is 5.33. The number of rotatable bonds is 3. The molecule has 1 saturated heterocycles. The predicted octanol–water partition coefficient (Wildman–Crippen LogP) is 1.84. The number of likely N-dealkylation sites (tertiary alicyclic amines) is 1. The van der Waals surface area contributed by atoms with Gasteiger partial charge < -0.3 is 5.73 Å². The molecule has 1 saturated carbocycles. The van der Waals surface area contributed by atoms with Gasteiger partial charge in [0.2, 0.25) is 0 Å². The standard InChI is InChI=1S/C12H24N2/c1-9(2)11-4-3-7-14(11)12-6-5-10(12)8-13/h9-12H,3-8,13H2,1-2H3. The molecule has 82 valence electrons. The second kappa shape index (κ2) is 4.19. The van der Waals surface area contributed by atoms with Gasteiger partial charge in [0.05, 0.1) is 0 Å². The third kappa shape index (κ3) is 1.70. The van der Waals surface area contributed by atoms with Crippen LogP contribution in [0.5, 0.6) is 0 Å². The van der Waals surface area contributed by atoms with Crippen molar-refractivity contribution in [1.82, 2.24) is 4.90 Å². The van der Waals surface area contributed by atoms with Crippen molar-refractivity contribution in [3.05, 3.63) is 0 Å². The molecule has 2 nitrogen and oxygen atoms in total. The molecule has 2 fully saturated rings. The SMILES string of the molecule is CC(C)C1CCCN1C1CCC1CN. The van der Waals surface area contributed by atoms with Gasteiger partial charge in [0, 0.05) is 12.1 Å². The van der Waals surface area contributed by atoms with E-state index in [9.17, 15) is 0 Å². The van der Waals surface area contributed by atoms with E-state index >= 15 is 0 Å².